The highest BCUT2D eigenvalue weighted by Gasteiger charge is 2.30. The lowest BCUT2D eigenvalue weighted by molar-refractivity contribution is 0.0373. The highest BCUT2D eigenvalue weighted by Crippen LogP contribution is 2.30. The molecule has 1 aromatic carbocycles. The summed E-state index contributed by atoms with van der Waals surface area (Å²) < 4.78 is 40.6. The van der Waals surface area contributed by atoms with Gasteiger partial charge >= 0.3 is 5.56 Å². The zero-order valence-electron chi connectivity index (χ0n) is 22.3. The zero-order valence-corrected chi connectivity index (χ0v) is 23.9. The van der Waals surface area contributed by atoms with Gasteiger partial charge in [-0.15, -0.1) is 0 Å². The van der Waals surface area contributed by atoms with E-state index in [4.69, 9.17) is 21.1 Å². The first-order valence-electron chi connectivity index (χ1n) is 14.0. The van der Waals surface area contributed by atoms with Gasteiger partial charge in [0.2, 0.25) is 15.8 Å². The molecular formula is C27H38ClN5O5S. The summed E-state index contributed by atoms with van der Waals surface area (Å²) in [5, 5.41) is 4.95. The van der Waals surface area contributed by atoms with Gasteiger partial charge in [0, 0.05) is 44.3 Å². The lowest BCUT2D eigenvalue weighted by Crippen LogP contribution is -2.49. The molecule has 0 spiro atoms. The molecule has 1 aromatic heterocycles. The molecule has 2 aliphatic heterocycles. The van der Waals surface area contributed by atoms with Crippen molar-refractivity contribution >= 4 is 27.3 Å². The van der Waals surface area contributed by atoms with Gasteiger partial charge in [-0.05, 0) is 63.3 Å². The molecule has 5 rings (SSSR count). The fourth-order valence-corrected chi connectivity index (χ4v) is 7.24. The van der Waals surface area contributed by atoms with Crippen LogP contribution in [0.25, 0.3) is 5.69 Å². The molecule has 0 bridgehead atoms. The van der Waals surface area contributed by atoms with Crippen LogP contribution in [0.3, 0.4) is 0 Å². The maximum Gasteiger partial charge on any atom is 0.316 e. The Bertz CT molecular complexity index is 1270. The number of nitrogens with zero attached hydrogens (tertiary/aromatic N) is 5. The normalized spacial score (nSPS) is 20.0. The molecule has 1 aliphatic carbocycles. The summed E-state index contributed by atoms with van der Waals surface area (Å²) in [7, 11) is -3.34. The molecule has 10 nitrogen and oxygen atoms in total. The van der Waals surface area contributed by atoms with E-state index in [1.165, 1.54) is 4.68 Å². The minimum absolute atomic E-state index is 0.00853. The van der Waals surface area contributed by atoms with Gasteiger partial charge in [0.25, 0.3) is 0 Å². The summed E-state index contributed by atoms with van der Waals surface area (Å²) in [6.45, 7) is 5.91. The number of morpholine rings is 1. The Hall–Kier alpha value is -2.18. The number of unbranched alkanes of at least 4 members (excludes halogenated alkanes) is 1. The summed E-state index contributed by atoms with van der Waals surface area (Å²) in [5.41, 5.74) is 0.851. The molecular weight excluding hydrogens is 542 g/mol. The van der Waals surface area contributed by atoms with Crippen molar-refractivity contribution in [2.45, 2.75) is 44.6 Å². The Labute approximate surface area is 235 Å². The van der Waals surface area contributed by atoms with Gasteiger partial charge in [0.15, 0.2) is 0 Å². The summed E-state index contributed by atoms with van der Waals surface area (Å²) >= 11 is 6.16. The van der Waals surface area contributed by atoms with E-state index in [-0.39, 0.29) is 23.2 Å². The van der Waals surface area contributed by atoms with Gasteiger partial charge in [-0.25, -0.2) is 8.42 Å². The fraction of sp³-hybridized carbons (Fsp3) is 0.630. The van der Waals surface area contributed by atoms with Crippen LogP contribution in [-0.2, 0) is 14.8 Å². The number of hydrogen-bond donors (Lipinski definition) is 0. The molecule has 0 amide bonds. The van der Waals surface area contributed by atoms with Gasteiger partial charge in [0.05, 0.1) is 37.0 Å². The average molecular weight is 580 g/mol. The molecule has 0 unspecified atom stereocenters. The number of ether oxygens (including phenoxy) is 2. The number of aromatic nitrogens is 2. The Morgan fingerprint density at radius 1 is 1.03 bits per heavy atom. The number of rotatable bonds is 10. The minimum atomic E-state index is -3.34. The number of halogens is 1. The highest BCUT2D eigenvalue weighted by molar-refractivity contribution is 7.89. The third-order valence-corrected chi connectivity index (χ3v) is 9.95. The van der Waals surface area contributed by atoms with E-state index in [1.807, 2.05) is 4.90 Å². The quantitative estimate of drug-likeness (QED) is 0.397. The molecule has 0 atom stereocenters. The molecule has 39 heavy (non-hydrogen) atoms. The lowest BCUT2D eigenvalue weighted by Gasteiger charge is -2.36. The van der Waals surface area contributed by atoms with Gasteiger partial charge in [-0.3, -0.25) is 9.69 Å². The first-order valence-corrected chi connectivity index (χ1v) is 16.0. The van der Waals surface area contributed by atoms with Crippen LogP contribution in [-0.4, -0.2) is 98.3 Å². The van der Waals surface area contributed by atoms with Crippen molar-refractivity contribution in [1.29, 1.82) is 0 Å². The van der Waals surface area contributed by atoms with Gasteiger partial charge < -0.3 is 14.4 Å². The second-order valence-electron chi connectivity index (χ2n) is 10.4. The summed E-state index contributed by atoms with van der Waals surface area (Å²) in [6.07, 6.45) is 7.13. The molecule has 0 radical (unpaired) electrons. The molecule has 3 heterocycles. The molecule has 2 saturated heterocycles. The third-order valence-electron chi connectivity index (χ3n) is 7.76. The van der Waals surface area contributed by atoms with Crippen LogP contribution in [0, 0.1) is 0 Å². The molecule has 12 heteroatoms. The van der Waals surface area contributed by atoms with E-state index >= 15 is 0 Å². The summed E-state index contributed by atoms with van der Waals surface area (Å²) in [6, 6.07) is 7.00. The van der Waals surface area contributed by atoms with Crippen molar-refractivity contribution < 1.29 is 17.9 Å². The predicted molar refractivity (Wildman–Crippen MR) is 152 cm³/mol. The molecule has 2 aromatic rings. The maximum absolute atomic E-state index is 13.6. The first-order chi connectivity index (χ1) is 18.9. The second-order valence-corrected chi connectivity index (χ2v) is 13.0. The van der Waals surface area contributed by atoms with E-state index in [2.05, 4.69) is 10.00 Å². The second kappa shape index (κ2) is 13.0. The average Bonchev–Trinajstić information content (AvgIpc) is 3.46. The molecule has 0 N–H and O–H groups in total. The summed E-state index contributed by atoms with van der Waals surface area (Å²) in [4.78, 5) is 18.0. The van der Waals surface area contributed by atoms with E-state index in [1.54, 1.807) is 34.8 Å². The minimum Gasteiger partial charge on any atom is -0.483 e. The van der Waals surface area contributed by atoms with Crippen LogP contribution >= 0.6 is 11.6 Å². The van der Waals surface area contributed by atoms with Crippen molar-refractivity contribution in [3.8, 4) is 11.4 Å². The smallest absolute Gasteiger partial charge is 0.316 e. The van der Waals surface area contributed by atoms with Crippen molar-refractivity contribution in [2.75, 3.05) is 69.7 Å². The van der Waals surface area contributed by atoms with Crippen molar-refractivity contribution in [3.05, 3.63) is 45.8 Å². The van der Waals surface area contributed by atoms with Crippen molar-refractivity contribution in [1.82, 2.24) is 19.0 Å². The monoisotopic (exact) mass is 579 g/mol. The molecule has 1 saturated carbocycles. The highest BCUT2D eigenvalue weighted by atomic mass is 35.5. The number of benzene rings is 1. The largest absolute Gasteiger partial charge is 0.483 e. The Kier molecular flexibility index (Phi) is 9.44. The lowest BCUT2D eigenvalue weighted by atomic mass is 10.2. The number of hydrogen-bond acceptors (Lipinski definition) is 8. The van der Waals surface area contributed by atoms with Crippen molar-refractivity contribution in [3.63, 3.8) is 0 Å². The molecule has 214 valence electrons. The van der Waals surface area contributed by atoms with E-state index in [0.717, 1.165) is 65.0 Å². The Morgan fingerprint density at radius 2 is 1.77 bits per heavy atom. The van der Waals surface area contributed by atoms with Crippen LogP contribution in [0.2, 0.25) is 5.02 Å². The standard InChI is InChI=1S/C27H38ClN5O5S/c28-22-6-5-7-23(20-22)33-27(34)26(38-24-8-1-2-9-24)25(21-29-33)31-11-13-32(14-12-31)39(35,36)19-4-3-10-30-15-17-37-18-16-30/h5-7,20-21,24H,1-4,8-19H2. The van der Waals surface area contributed by atoms with Crippen LogP contribution in [0.15, 0.2) is 35.3 Å². The Balaban J connectivity index is 1.24. The third kappa shape index (κ3) is 7.13. The topological polar surface area (TPSA) is 97.2 Å². The van der Waals surface area contributed by atoms with Crippen LogP contribution in [0.5, 0.6) is 5.75 Å². The van der Waals surface area contributed by atoms with Gasteiger partial charge in [-0.2, -0.15) is 14.1 Å². The van der Waals surface area contributed by atoms with Crippen LogP contribution < -0.4 is 15.2 Å². The fourth-order valence-electron chi connectivity index (χ4n) is 5.51. The molecule has 3 aliphatic rings. The molecule has 3 fully saturated rings. The maximum atomic E-state index is 13.6. The number of piperazine rings is 1. The van der Waals surface area contributed by atoms with E-state index < -0.39 is 10.0 Å². The van der Waals surface area contributed by atoms with Crippen molar-refractivity contribution in [2.24, 2.45) is 0 Å². The number of sulfonamides is 1. The van der Waals surface area contributed by atoms with Gasteiger partial charge in [-0.1, -0.05) is 17.7 Å². The van der Waals surface area contributed by atoms with Crippen LogP contribution in [0.4, 0.5) is 5.69 Å². The first kappa shape index (κ1) is 28.4. The zero-order chi connectivity index (χ0) is 27.2. The number of anilines is 1. The predicted octanol–water partition coefficient (Wildman–Crippen LogP) is 2.77. The van der Waals surface area contributed by atoms with Gasteiger partial charge in [0.1, 0.15) is 5.69 Å². The SMILES string of the molecule is O=c1c(OC2CCCC2)c(N2CCN(S(=O)(=O)CCCCN3CCOCC3)CC2)cnn1-c1cccc(Cl)c1. The Morgan fingerprint density at radius 3 is 2.49 bits per heavy atom. The van der Waals surface area contributed by atoms with E-state index in [0.29, 0.717) is 49.0 Å². The summed E-state index contributed by atoms with van der Waals surface area (Å²) in [5.74, 6) is 0.432. The van der Waals surface area contributed by atoms with Crippen LogP contribution in [0.1, 0.15) is 38.5 Å². The van der Waals surface area contributed by atoms with E-state index in [9.17, 15) is 13.2 Å².